The minimum absolute atomic E-state index is 0. The Morgan fingerprint density at radius 3 is 2.33 bits per heavy atom. The maximum Gasteiger partial charge on any atom is 0.416 e. The van der Waals surface area contributed by atoms with Gasteiger partial charge in [-0.3, -0.25) is 0 Å². The minimum Gasteiger partial charge on any atom is -0.320 e. The molecule has 2 N–H and O–H groups in total. The van der Waals surface area contributed by atoms with Crippen molar-refractivity contribution >= 4 is 22.4 Å². The number of sulfonamides is 1. The van der Waals surface area contributed by atoms with Gasteiger partial charge in [0.15, 0.2) is 0 Å². The third kappa shape index (κ3) is 5.77. The van der Waals surface area contributed by atoms with Gasteiger partial charge < -0.3 is 5.32 Å². The third-order valence-electron chi connectivity index (χ3n) is 2.44. The lowest BCUT2D eigenvalue weighted by atomic mass is 10.2. The van der Waals surface area contributed by atoms with Gasteiger partial charge in [-0.1, -0.05) is 0 Å². The van der Waals surface area contributed by atoms with Gasteiger partial charge in [0.2, 0.25) is 10.0 Å². The van der Waals surface area contributed by atoms with E-state index in [9.17, 15) is 26.0 Å². The zero-order chi connectivity index (χ0) is 15.4. The van der Waals surface area contributed by atoms with Crippen LogP contribution in [-0.2, 0) is 16.2 Å². The number of benzene rings is 1. The lowest BCUT2D eigenvalue weighted by molar-refractivity contribution is -0.137. The second-order valence-corrected chi connectivity index (χ2v) is 5.73. The Morgan fingerprint density at radius 2 is 1.81 bits per heavy atom. The van der Waals surface area contributed by atoms with E-state index in [1.54, 1.807) is 7.05 Å². The normalized spacial score (nSPS) is 12.0. The summed E-state index contributed by atoms with van der Waals surface area (Å²) in [6.07, 6.45) is -4.31. The van der Waals surface area contributed by atoms with E-state index in [-0.39, 0.29) is 25.0 Å². The molecule has 10 heteroatoms. The Balaban J connectivity index is 0.00000400. The summed E-state index contributed by atoms with van der Waals surface area (Å²) >= 11 is 0. The molecule has 0 aliphatic carbocycles. The fourth-order valence-corrected chi connectivity index (χ4v) is 2.61. The Labute approximate surface area is 126 Å². The Kier molecular flexibility index (Phi) is 7.58. The number of rotatable bonds is 6. The quantitative estimate of drug-likeness (QED) is 0.610. The number of nitrogens with one attached hydrogen (secondary N) is 2. The van der Waals surface area contributed by atoms with Crippen LogP contribution in [0.2, 0.25) is 0 Å². The highest BCUT2D eigenvalue weighted by Gasteiger charge is 2.32. The molecular formula is C11H15ClF4N2O2S. The molecular weight excluding hydrogens is 336 g/mol. The van der Waals surface area contributed by atoms with Crippen molar-refractivity contribution in [1.82, 2.24) is 10.0 Å². The van der Waals surface area contributed by atoms with Crippen molar-refractivity contribution in [3.05, 3.63) is 29.6 Å². The van der Waals surface area contributed by atoms with Gasteiger partial charge in [0.25, 0.3) is 0 Å². The fourth-order valence-electron chi connectivity index (χ4n) is 1.44. The van der Waals surface area contributed by atoms with E-state index in [0.29, 0.717) is 25.1 Å². The number of halogens is 5. The molecule has 0 amide bonds. The van der Waals surface area contributed by atoms with Gasteiger partial charge in [-0.05, 0) is 38.2 Å². The third-order valence-corrected chi connectivity index (χ3v) is 3.92. The number of alkyl halides is 3. The molecule has 0 aliphatic heterocycles. The summed E-state index contributed by atoms with van der Waals surface area (Å²) in [5.74, 6) is -1.22. The Bertz CT molecular complexity index is 564. The summed E-state index contributed by atoms with van der Waals surface area (Å²) in [6.45, 7) is 0.520. The zero-order valence-corrected chi connectivity index (χ0v) is 12.6. The summed E-state index contributed by atoms with van der Waals surface area (Å²) in [5, 5.41) is 2.78. The molecule has 0 aromatic heterocycles. The first-order valence-electron chi connectivity index (χ1n) is 5.69. The van der Waals surface area contributed by atoms with E-state index in [1.165, 1.54) is 0 Å². The van der Waals surface area contributed by atoms with Gasteiger partial charge in [-0.15, -0.1) is 12.4 Å². The average Bonchev–Trinajstić information content (AvgIpc) is 2.33. The SMILES string of the molecule is CNCCCNS(=O)(=O)c1cc(C(F)(F)F)ccc1F.Cl. The topological polar surface area (TPSA) is 58.2 Å². The van der Waals surface area contributed by atoms with E-state index in [4.69, 9.17) is 0 Å². The molecule has 0 unspecified atom stereocenters. The molecule has 0 fully saturated rings. The van der Waals surface area contributed by atoms with Crippen molar-refractivity contribution in [3.63, 3.8) is 0 Å². The van der Waals surface area contributed by atoms with Crippen molar-refractivity contribution in [2.75, 3.05) is 20.1 Å². The maximum atomic E-state index is 13.4. The van der Waals surface area contributed by atoms with Crippen LogP contribution in [0, 0.1) is 5.82 Å². The highest BCUT2D eigenvalue weighted by Crippen LogP contribution is 2.31. The molecule has 4 nitrogen and oxygen atoms in total. The standard InChI is InChI=1S/C11H14F4N2O2S.ClH/c1-16-5-2-6-17-20(18,19)10-7-8(11(13,14)15)3-4-9(10)12;/h3-4,7,16-17H,2,5-6H2,1H3;1H. The van der Waals surface area contributed by atoms with Gasteiger partial charge in [0, 0.05) is 6.54 Å². The molecule has 1 aromatic rings. The van der Waals surface area contributed by atoms with Crippen molar-refractivity contribution < 1.29 is 26.0 Å². The van der Waals surface area contributed by atoms with Crippen molar-refractivity contribution in [2.24, 2.45) is 0 Å². The molecule has 0 saturated heterocycles. The van der Waals surface area contributed by atoms with Crippen LogP contribution in [0.5, 0.6) is 0 Å². The van der Waals surface area contributed by atoms with Crippen LogP contribution >= 0.6 is 12.4 Å². The maximum absolute atomic E-state index is 13.4. The van der Waals surface area contributed by atoms with Crippen molar-refractivity contribution in [2.45, 2.75) is 17.5 Å². The highest BCUT2D eigenvalue weighted by molar-refractivity contribution is 7.89. The van der Waals surface area contributed by atoms with Crippen LogP contribution in [0.4, 0.5) is 17.6 Å². The van der Waals surface area contributed by atoms with E-state index in [0.717, 1.165) is 0 Å². The molecule has 0 aliphatic rings. The molecule has 0 radical (unpaired) electrons. The van der Waals surface area contributed by atoms with Gasteiger partial charge in [0.05, 0.1) is 5.56 Å². The molecule has 0 bridgehead atoms. The smallest absolute Gasteiger partial charge is 0.320 e. The van der Waals surface area contributed by atoms with Crippen LogP contribution in [0.3, 0.4) is 0 Å². The van der Waals surface area contributed by atoms with Gasteiger partial charge in [-0.25, -0.2) is 17.5 Å². The predicted molar refractivity (Wildman–Crippen MR) is 72.4 cm³/mol. The van der Waals surface area contributed by atoms with Crippen LogP contribution in [-0.4, -0.2) is 28.6 Å². The van der Waals surface area contributed by atoms with E-state index in [2.05, 4.69) is 10.0 Å². The molecule has 0 saturated carbocycles. The van der Waals surface area contributed by atoms with Gasteiger partial charge >= 0.3 is 6.18 Å². The molecule has 1 aromatic carbocycles. The van der Waals surface area contributed by atoms with Crippen molar-refractivity contribution in [1.29, 1.82) is 0 Å². The van der Waals surface area contributed by atoms with Gasteiger partial charge in [-0.2, -0.15) is 13.2 Å². The highest BCUT2D eigenvalue weighted by atomic mass is 35.5. The second kappa shape index (κ2) is 7.92. The molecule has 0 heterocycles. The van der Waals surface area contributed by atoms with Crippen LogP contribution < -0.4 is 10.0 Å². The van der Waals surface area contributed by atoms with E-state index in [1.807, 2.05) is 0 Å². The van der Waals surface area contributed by atoms with E-state index < -0.39 is 32.5 Å². The molecule has 1 rings (SSSR count). The van der Waals surface area contributed by atoms with Gasteiger partial charge in [0.1, 0.15) is 10.7 Å². The van der Waals surface area contributed by atoms with Crippen LogP contribution in [0.1, 0.15) is 12.0 Å². The number of hydrogen-bond donors (Lipinski definition) is 2. The monoisotopic (exact) mass is 350 g/mol. The second-order valence-electron chi connectivity index (χ2n) is 4.00. The summed E-state index contributed by atoms with van der Waals surface area (Å²) in [4.78, 5) is -1.00. The summed E-state index contributed by atoms with van der Waals surface area (Å²) in [5.41, 5.74) is -1.21. The summed E-state index contributed by atoms with van der Waals surface area (Å²) in [7, 11) is -2.64. The first-order valence-corrected chi connectivity index (χ1v) is 7.18. The van der Waals surface area contributed by atoms with Crippen molar-refractivity contribution in [3.8, 4) is 0 Å². The first kappa shape index (κ1) is 20.1. The molecule has 21 heavy (non-hydrogen) atoms. The fraction of sp³-hybridized carbons (Fsp3) is 0.455. The largest absolute Gasteiger partial charge is 0.416 e. The van der Waals surface area contributed by atoms with E-state index >= 15 is 0 Å². The lowest BCUT2D eigenvalue weighted by Crippen LogP contribution is -2.27. The van der Waals surface area contributed by atoms with Crippen LogP contribution in [0.15, 0.2) is 23.1 Å². The Hall–Kier alpha value is -0.900. The number of hydrogen-bond acceptors (Lipinski definition) is 3. The minimum atomic E-state index is -4.73. The summed E-state index contributed by atoms with van der Waals surface area (Å²) in [6, 6.07) is 1.27. The zero-order valence-electron chi connectivity index (χ0n) is 11.0. The predicted octanol–water partition coefficient (Wildman–Crippen LogP) is 2.15. The van der Waals surface area contributed by atoms with Crippen LogP contribution in [0.25, 0.3) is 0 Å². The molecule has 122 valence electrons. The summed E-state index contributed by atoms with van der Waals surface area (Å²) < 4.78 is 76.5. The lowest BCUT2D eigenvalue weighted by Gasteiger charge is -2.11. The molecule has 0 atom stereocenters. The Morgan fingerprint density at radius 1 is 1.19 bits per heavy atom. The average molecular weight is 351 g/mol. The molecule has 0 spiro atoms. The first-order chi connectivity index (χ1) is 9.18.